The van der Waals surface area contributed by atoms with Gasteiger partial charge in [0.1, 0.15) is 17.7 Å². The molecule has 0 fully saturated rings. The van der Waals surface area contributed by atoms with Gasteiger partial charge in [-0.2, -0.15) is 10.5 Å². The maximum atomic E-state index is 13.8. The van der Waals surface area contributed by atoms with Crippen LogP contribution in [0.5, 0.6) is 0 Å². The Morgan fingerprint density at radius 3 is 1.58 bits per heavy atom. The number of carbonyl (C=O) groups is 1. The highest BCUT2D eigenvalue weighted by molar-refractivity contribution is 7.30. The van der Waals surface area contributed by atoms with Crippen LogP contribution in [0.2, 0.25) is 0 Å². The second-order valence-electron chi connectivity index (χ2n) is 19.2. The molecule has 7 aromatic carbocycles. The summed E-state index contributed by atoms with van der Waals surface area (Å²) >= 11 is 3.76. The largest absolute Gasteiger partial charge is 0.289 e. The lowest BCUT2D eigenvalue weighted by Gasteiger charge is -2.36. The van der Waals surface area contributed by atoms with Crippen molar-refractivity contribution in [3.63, 3.8) is 0 Å². The highest BCUT2D eigenvalue weighted by Crippen LogP contribution is 2.66. The molecule has 0 spiro atoms. The van der Waals surface area contributed by atoms with Crippen LogP contribution in [0.3, 0.4) is 0 Å². The summed E-state index contributed by atoms with van der Waals surface area (Å²) in [6, 6.07) is 62.9. The third kappa shape index (κ3) is 6.17. The number of thiophene rings is 2. The molecule has 3 nitrogen and oxygen atoms in total. The molecule has 0 saturated heterocycles. The molecule has 0 N–H and O–H groups in total. The molecule has 0 bridgehead atoms. The number of ketones is 1. The molecule has 0 saturated carbocycles. The number of hydrogen-bond donors (Lipinski definition) is 0. The van der Waals surface area contributed by atoms with Crippen molar-refractivity contribution in [2.75, 3.05) is 0 Å². The molecule has 69 heavy (non-hydrogen) atoms. The minimum atomic E-state index is -0.625. The molecule has 3 aliphatic rings. The molecule has 5 heteroatoms. The van der Waals surface area contributed by atoms with Gasteiger partial charge in [0.05, 0.1) is 15.5 Å². The number of aryl methyl sites for hydroxylation is 6. The number of fused-ring (bicyclic) bond motifs is 9. The first kappa shape index (κ1) is 42.7. The summed E-state index contributed by atoms with van der Waals surface area (Å²) in [7, 11) is 0. The predicted molar refractivity (Wildman–Crippen MR) is 283 cm³/mol. The predicted octanol–water partition coefficient (Wildman–Crippen LogP) is 15.8. The van der Waals surface area contributed by atoms with Gasteiger partial charge < -0.3 is 0 Å². The van der Waals surface area contributed by atoms with Gasteiger partial charge in [0, 0.05) is 36.7 Å². The van der Waals surface area contributed by atoms with E-state index in [0.29, 0.717) is 35.1 Å². The summed E-state index contributed by atoms with van der Waals surface area (Å²) in [6.45, 7) is 10.9. The fraction of sp³-hybridized carbons (Fsp3) is 0.141. The lowest BCUT2D eigenvalue weighted by molar-refractivity contribution is 0.104. The molecule has 0 amide bonds. The highest BCUT2D eigenvalue weighted by Gasteiger charge is 2.53. The van der Waals surface area contributed by atoms with Crippen molar-refractivity contribution in [2.24, 2.45) is 0 Å². The molecular weight excluding hydrogens is 877 g/mol. The second-order valence-corrected chi connectivity index (χ2v) is 21.4. The van der Waals surface area contributed by atoms with Crippen molar-refractivity contribution in [1.29, 1.82) is 10.5 Å². The molecule has 0 atom stereocenters. The minimum Gasteiger partial charge on any atom is -0.289 e. The summed E-state index contributed by atoms with van der Waals surface area (Å²) in [5.74, 6) is -0.134. The first-order valence-corrected chi connectivity index (χ1v) is 25.2. The number of hydrogen-bond acceptors (Lipinski definition) is 5. The van der Waals surface area contributed by atoms with Crippen LogP contribution in [0, 0.1) is 57.3 Å². The average molecular weight is 923 g/mol. The van der Waals surface area contributed by atoms with E-state index >= 15 is 0 Å². The zero-order chi connectivity index (χ0) is 47.3. The van der Waals surface area contributed by atoms with Crippen LogP contribution in [0.1, 0.15) is 99.5 Å². The molecule has 12 rings (SSSR count). The maximum absolute atomic E-state index is 13.8. The van der Waals surface area contributed by atoms with E-state index < -0.39 is 10.8 Å². The van der Waals surface area contributed by atoms with Crippen LogP contribution in [-0.2, 0) is 17.3 Å². The van der Waals surface area contributed by atoms with Crippen molar-refractivity contribution in [2.45, 2.75) is 58.3 Å². The van der Waals surface area contributed by atoms with Crippen LogP contribution in [-0.4, -0.2) is 5.78 Å². The van der Waals surface area contributed by atoms with E-state index in [4.69, 9.17) is 0 Å². The fourth-order valence-electron chi connectivity index (χ4n) is 11.7. The molecule has 330 valence electrons. The number of nitrogens with zero attached hydrogens (tertiary/aromatic N) is 2. The Morgan fingerprint density at radius 1 is 0.522 bits per heavy atom. The van der Waals surface area contributed by atoms with Gasteiger partial charge in [0.15, 0.2) is 5.78 Å². The summed E-state index contributed by atoms with van der Waals surface area (Å²) in [5.41, 5.74) is 21.1. The van der Waals surface area contributed by atoms with E-state index in [9.17, 15) is 15.3 Å². The molecule has 3 aliphatic carbocycles. The summed E-state index contributed by atoms with van der Waals surface area (Å²) in [4.78, 5) is 16.3. The van der Waals surface area contributed by atoms with Gasteiger partial charge in [-0.15, -0.1) is 22.7 Å². The maximum Gasteiger partial charge on any atom is 0.194 e. The fourth-order valence-corrected chi connectivity index (χ4v) is 14.6. The van der Waals surface area contributed by atoms with E-state index in [1.807, 2.05) is 46.9 Å². The van der Waals surface area contributed by atoms with Gasteiger partial charge in [-0.25, -0.2) is 0 Å². The molecule has 0 aliphatic heterocycles. The number of allylic oxidation sites excluding steroid dienone is 4. The van der Waals surface area contributed by atoms with Crippen molar-refractivity contribution in [3.8, 4) is 33.7 Å². The normalized spacial score (nSPS) is 15.1. The number of rotatable bonds is 7. The standard InChI is InChI=1S/C64H46N2OS2/c1-37-13-22-43(23-14-37)63(44-24-15-38(2)16-25-44)54-31-41(5)21-30-48(54)52-33-56-53(34-55(52)63)61-59(64(56,45-26-17-39(3)18-27-45)46-28-19-40(4)20-29-46)62-57(69-61)32-47(68-62)9-8-12-51-58(42(35-65)36-66)49-10-6-7-11-50(49)60(51)67/h6-7,10-34H,8-9H2,1-5H3/b51-12-. The highest BCUT2D eigenvalue weighted by atomic mass is 32.1. The van der Waals surface area contributed by atoms with Crippen molar-refractivity contribution >= 4 is 43.4 Å². The van der Waals surface area contributed by atoms with Crippen molar-refractivity contribution < 1.29 is 4.79 Å². The van der Waals surface area contributed by atoms with Gasteiger partial charge in [-0.3, -0.25) is 4.79 Å². The molecule has 2 aromatic heterocycles. The van der Waals surface area contributed by atoms with Gasteiger partial charge in [-0.05, 0) is 127 Å². The SMILES string of the molecule is Cc1ccc(C2(c3ccc(C)cc3)c3cc(C)ccc3-c3cc4c(cc32)-c2sc3cc(CC/C=C5\C(=O)c6ccccc6C5=C(C#N)C#N)sc3c2C4(c2ccc(C)cc2)c2ccc(C)cc2)cc1. The Hall–Kier alpha value is -7.67. The molecule has 2 heterocycles. The minimum absolute atomic E-state index is 0.0329. The quantitative estimate of drug-likeness (QED) is 0.118. The Balaban J connectivity index is 1.10. The zero-order valence-electron chi connectivity index (χ0n) is 39.1. The number of benzene rings is 7. The van der Waals surface area contributed by atoms with Crippen LogP contribution >= 0.6 is 22.7 Å². The lowest BCUT2D eigenvalue weighted by atomic mass is 9.65. The number of nitriles is 2. The van der Waals surface area contributed by atoms with Crippen LogP contribution in [0.4, 0.5) is 0 Å². The molecule has 9 aromatic rings. The lowest BCUT2D eigenvalue weighted by Crippen LogP contribution is -2.30. The van der Waals surface area contributed by atoms with Gasteiger partial charge in [0.25, 0.3) is 0 Å². The first-order chi connectivity index (χ1) is 33.6. The number of carbonyl (C=O) groups excluding carboxylic acids is 1. The third-order valence-corrected chi connectivity index (χ3v) is 17.5. The second kappa shape index (κ2) is 16.0. The summed E-state index contributed by atoms with van der Waals surface area (Å²) in [6.07, 6.45) is 3.25. The average Bonchev–Trinajstić information content (AvgIpc) is 4.13. The monoisotopic (exact) mass is 922 g/mol. The van der Waals surface area contributed by atoms with Gasteiger partial charge in [-0.1, -0.05) is 173 Å². The Labute approximate surface area is 411 Å². The molecular formula is C64H46N2OS2. The molecule has 0 unspecified atom stereocenters. The number of Topliss-reactive ketones (excluding diaryl/α,β-unsaturated/α-hetero) is 1. The van der Waals surface area contributed by atoms with Crippen molar-refractivity contribution in [3.05, 3.63) is 263 Å². The molecule has 0 radical (unpaired) electrons. The Morgan fingerprint density at radius 2 is 1.01 bits per heavy atom. The van der Waals surface area contributed by atoms with E-state index in [1.165, 1.54) is 108 Å². The van der Waals surface area contributed by atoms with E-state index in [0.717, 1.165) is 0 Å². The van der Waals surface area contributed by atoms with E-state index in [-0.39, 0.29) is 11.4 Å². The Bertz CT molecular complexity index is 3680. The summed E-state index contributed by atoms with van der Waals surface area (Å²) in [5, 5.41) is 19.9. The first-order valence-electron chi connectivity index (χ1n) is 23.6. The van der Waals surface area contributed by atoms with Crippen LogP contribution in [0.15, 0.2) is 175 Å². The van der Waals surface area contributed by atoms with E-state index in [2.05, 4.69) is 180 Å². The van der Waals surface area contributed by atoms with E-state index in [1.54, 1.807) is 6.07 Å². The van der Waals surface area contributed by atoms with Crippen molar-refractivity contribution in [1.82, 2.24) is 0 Å². The van der Waals surface area contributed by atoms with Crippen LogP contribution in [0.25, 0.3) is 36.5 Å². The van der Waals surface area contributed by atoms with Gasteiger partial charge in [0.2, 0.25) is 0 Å². The Kier molecular flexibility index (Phi) is 9.87. The van der Waals surface area contributed by atoms with Crippen LogP contribution < -0.4 is 0 Å². The zero-order valence-corrected chi connectivity index (χ0v) is 40.8. The van der Waals surface area contributed by atoms with Gasteiger partial charge >= 0.3 is 0 Å². The third-order valence-electron chi connectivity index (χ3n) is 15.0. The topological polar surface area (TPSA) is 64.7 Å². The summed E-state index contributed by atoms with van der Waals surface area (Å²) < 4.78 is 2.54. The smallest absolute Gasteiger partial charge is 0.194 e.